The van der Waals surface area contributed by atoms with Gasteiger partial charge in [-0.05, 0) is 25.2 Å². The summed E-state index contributed by atoms with van der Waals surface area (Å²) in [5.74, 6) is 0.379. The molecule has 0 aromatic rings. The second-order valence-electron chi connectivity index (χ2n) is 3.74. The van der Waals surface area contributed by atoms with E-state index in [1.54, 1.807) is 6.08 Å². The molecule has 1 rings (SSSR count). The molecule has 0 fully saturated rings. The van der Waals surface area contributed by atoms with Crippen LogP contribution in [-0.2, 0) is 0 Å². The molecule has 0 saturated carbocycles. The van der Waals surface area contributed by atoms with E-state index in [9.17, 15) is 13.9 Å². The van der Waals surface area contributed by atoms with Gasteiger partial charge in [0.1, 0.15) is 5.60 Å². The number of rotatable bonds is 3. The zero-order valence-electron chi connectivity index (χ0n) is 7.84. The van der Waals surface area contributed by atoms with Crippen molar-refractivity contribution in [2.24, 2.45) is 5.92 Å². The van der Waals surface area contributed by atoms with E-state index in [0.717, 1.165) is 12.8 Å². The van der Waals surface area contributed by atoms with Crippen molar-refractivity contribution in [3.63, 3.8) is 0 Å². The molecular formula is C10H16F2O. The van der Waals surface area contributed by atoms with Crippen LogP contribution in [0.3, 0.4) is 0 Å². The summed E-state index contributed by atoms with van der Waals surface area (Å²) in [5.41, 5.74) is -1.86. The molecule has 1 N–H and O–H groups in total. The van der Waals surface area contributed by atoms with Gasteiger partial charge in [-0.15, -0.1) is 0 Å². The second kappa shape index (κ2) is 4.18. The second-order valence-corrected chi connectivity index (χ2v) is 3.74. The SMILES string of the molecule is CCCC1C=CC(O)(C(F)F)CC1. The first-order valence-electron chi connectivity index (χ1n) is 4.78. The molecule has 13 heavy (non-hydrogen) atoms. The summed E-state index contributed by atoms with van der Waals surface area (Å²) < 4.78 is 24.6. The van der Waals surface area contributed by atoms with Gasteiger partial charge < -0.3 is 5.11 Å². The van der Waals surface area contributed by atoms with Gasteiger partial charge in [0, 0.05) is 0 Å². The Morgan fingerprint density at radius 1 is 1.62 bits per heavy atom. The van der Waals surface area contributed by atoms with Crippen LogP contribution in [0.5, 0.6) is 0 Å². The van der Waals surface area contributed by atoms with Crippen molar-refractivity contribution < 1.29 is 13.9 Å². The number of allylic oxidation sites excluding steroid dienone is 1. The zero-order chi connectivity index (χ0) is 9.90. The number of halogens is 2. The molecule has 1 aliphatic rings. The average Bonchev–Trinajstić information content (AvgIpc) is 2.09. The predicted molar refractivity (Wildman–Crippen MR) is 47.7 cm³/mol. The summed E-state index contributed by atoms with van der Waals surface area (Å²) in [6.07, 6.45) is 3.29. The van der Waals surface area contributed by atoms with Gasteiger partial charge in [-0.1, -0.05) is 25.5 Å². The van der Waals surface area contributed by atoms with E-state index < -0.39 is 12.0 Å². The standard InChI is InChI=1S/C10H16F2O/c1-2-3-8-4-6-10(13,7-5-8)9(11)12/h4,6,8-9,13H,2-3,5,7H2,1H3. The van der Waals surface area contributed by atoms with Gasteiger partial charge in [-0.2, -0.15) is 0 Å². The molecule has 76 valence electrons. The lowest BCUT2D eigenvalue weighted by atomic mass is 9.83. The van der Waals surface area contributed by atoms with Crippen molar-refractivity contribution in [2.45, 2.75) is 44.6 Å². The van der Waals surface area contributed by atoms with Gasteiger partial charge in [0.05, 0.1) is 0 Å². The fraction of sp³-hybridized carbons (Fsp3) is 0.800. The molecule has 2 atom stereocenters. The average molecular weight is 190 g/mol. The topological polar surface area (TPSA) is 20.2 Å². The van der Waals surface area contributed by atoms with Crippen molar-refractivity contribution in [3.05, 3.63) is 12.2 Å². The first-order chi connectivity index (χ1) is 6.08. The van der Waals surface area contributed by atoms with Crippen molar-refractivity contribution >= 4 is 0 Å². The minimum atomic E-state index is -2.66. The maximum Gasteiger partial charge on any atom is 0.270 e. The highest BCUT2D eigenvalue weighted by atomic mass is 19.3. The van der Waals surface area contributed by atoms with Crippen LogP contribution in [0.15, 0.2) is 12.2 Å². The van der Waals surface area contributed by atoms with E-state index in [1.165, 1.54) is 6.08 Å². The molecule has 0 heterocycles. The lowest BCUT2D eigenvalue weighted by Crippen LogP contribution is -2.37. The third-order valence-electron chi connectivity index (χ3n) is 2.61. The lowest BCUT2D eigenvalue weighted by molar-refractivity contribution is -0.0724. The van der Waals surface area contributed by atoms with Crippen LogP contribution in [0, 0.1) is 5.92 Å². The van der Waals surface area contributed by atoms with E-state index >= 15 is 0 Å². The van der Waals surface area contributed by atoms with Crippen molar-refractivity contribution in [1.29, 1.82) is 0 Å². The highest BCUT2D eigenvalue weighted by Gasteiger charge is 2.37. The maximum absolute atomic E-state index is 12.3. The Morgan fingerprint density at radius 2 is 2.31 bits per heavy atom. The normalized spacial score (nSPS) is 34.1. The molecule has 0 saturated heterocycles. The van der Waals surface area contributed by atoms with Crippen LogP contribution in [0.2, 0.25) is 0 Å². The largest absolute Gasteiger partial charge is 0.380 e. The number of hydrogen-bond donors (Lipinski definition) is 1. The first-order valence-corrected chi connectivity index (χ1v) is 4.78. The third kappa shape index (κ3) is 2.50. The lowest BCUT2D eigenvalue weighted by Gasteiger charge is -2.29. The molecule has 2 unspecified atom stereocenters. The van der Waals surface area contributed by atoms with Gasteiger partial charge in [-0.25, -0.2) is 8.78 Å². The molecule has 3 heteroatoms. The number of hydrogen-bond acceptors (Lipinski definition) is 1. The van der Waals surface area contributed by atoms with E-state index in [2.05, 4.69) is 6.92 Å². The highest BCUT2D eigenvalue weighted by molar-refractivity contribution is 5.09. The quantitative estimate of drug-likeness (QED) is 0.678. The van der Waals surface area contributed by atoms with E-state index in [4.69, 9.17) is 0 Å². The highest BCUT2D eigenvalue weighted by Crippen LogP contribution is 2.32. The summed E-state index contributed by atoms with van der Waals surface area (Å²) in [5, 5.41) is 9.40. The summed E-state index contributed by atoms with van der Waals surface area (Å²) in [7, 11) is 0. The van der Waals surface area contributed by atoms with E-state index in [1.807, 2.05) is 0 Å². The van der Waals surface area contributed by atoms with Crippen LogP contribution in [0.1, 0.15) is 32.6 Å². The first kappa shape index (κ1) is 10.6. The fourth-order valence-corrected chi connectivity index (χ4v) is 1.69. The minimum Gasteiger partial charge on any atom is -0.380 e. The summed E-state index contributed by atoms with van der Waals surface area (Å²) >= 11 is 0. The Hall–Kier alpha value is -0.440. The smallest absolute Gasteiger partial charge is 0.270 e. The Kier molecular flexibility index (Phi) is 3.42. The van der Waals surface area contributed by atoms with Crippen LogP contribution in [0.25, 0.3) is 0 Å². The van der Waals surface area contributed by atoms with Gasteiger partial charge in [0.15, 0.2) is 0 Å². The van der Waals surface area contributed by atoms with Crippen LogP contribution >= 0.6 is 0 Å². The summed E-state index contributed by atoms with van der Waals surface area (Å²) in [4.78, 5) is 0. The van der Waals surface area contributed by atoms with Crippen LogP contribution in [0.4, 0.5) is 8.78 Å². The number of aliphatic hydroxyl groups is 1. The van der Waals surface area contributed by atoms with Gasteiger partial charge in [0.25, 0.3) is 6.43 Å². The molecule has 1 aliphatic carbocycles. The minimum absolute atomic E-state index is 0.186. The van der Waals surface area contributed by atoms with Crippen molar-refractivity contribution in [2.75, 3.05) is 0 Å². The van der Waals surface area contributed by atoms with Crippen molar-refractivity contribution in [3.8, 4) is 0 Å². The molecule has 0 bridgehead atoms. The maximum atomic E-state index is 12.3. The van der Waals surface area contributed by atoms with Crippen LogP contribution in [-0.4, -0.2) is 17.1 Å². The molecule has 0 amide bonds. The summed E-state index contributed by atoms with van der Waals surface area (Å²) in [6, 6.07) is 0. The molecule has 0 radical (unpaired) electrons. The number of alkyl halides is 2. The Morgan fingerprint density at radius 3 is 2.69 bits per heavy atom. The fourth-order valence-electron chi connectivity index (χ4n) is 1.69. The molecular weight excluding hydrogens is 174 g/mol. The third-order valence-corrected chi connectivity index (χ3v) is 2.61. The Balaban J connectivity index is 2.55. The van der Waals surface area contributed by atoms with Crippen LogP contribution < -0.4 is 0 Å². The summed E-state index contributed by atoms with van der Waals surface area (Å²) in [6.45, 7) is 2.07. The van der Waals surface area contributed by atoms with Crippen molar-refractivity contribution in [1.82, 2.24) is 0 Å². The Labute approximate surface area is 77.5 Å². The molecule has 1 nitrogen and oxygen atoms in total. The predicted octanol–water partition coefficient (Wildman–Crippen LogP) is 2.75. The molecule has 0 aromatic carbocycles. The van der Waals surface area contributed by atoms with Gasteiger partial charge in [-0.3, -0.25) is 0 Å². The zero-order valence-corrected chi connectivity index (χ0v) is 7.84. The Bertz CT molecular complexity index is 191. The molecule has 0 aromatic heterocycles. The van der Waals surface area contributed by atoms with E-state index in [0.29, 0.717) is 12.3 Å². The molecule has 0 aliphatic heterocycles. The van der Waals surface area contributed by atoms with Gasteiger partial charge in [0.2, 0.25) is 0 Å². The molecule has 0 spiro atoms. The van der Waals surface area contributed by atoms with E-state index in [-0.39, 0.29) is 6.42 Å². The monoisotopic (exact) mass is 190 g/mol. The van der Waals surface area contributed by atoms with Gasteiger partial charge >= 0.3 is 0 Å².